The van der Waals surface area contributed by atoms with Crippen LogP contribution in [0.1, 0.15) is 32.6 Å². The minimum atomic E-state index is 0.0286. The molecule has 0 spiro atoms. The van der Waals surface area contributed by atoms with Gasteiger partial charge in [0, 0.05) is 42.5 Å². The third-order valence-electron chi connectivity index (χ3n) is 5.76. The molecule has 3 N–H and O–H groups in total. The first-order chi connectivity index (χ1) is 15.1. The molecule has 1 saturated carbocycles. The number of aromatic amines is 1. The maximum atomic E-state index is 11.3. The highest BCUT2D eigenvalue weighted by atomic mass is 16.5. The summed E-state index contributed by atoms with van der Waals surface area (Å²) in [4.78, 5) is 23.8. The Balaban J connectivity index is 1.40. The number of fused-ring (bicyclic) bond motifs is 2. The monoisotopic (exact) mass is 420 g/mol. The number of anilines is 1. The van der Waals surface area contributed by atoms with Crippen molar-refractivity contribution in [1.29, 1.82) is 0 Å². The largest absolute Gasteiger partial charge is 0.480 e. The van der Waals surface area contributed by atoms with Crippen LogP contribution in [0.5, 0.6) is 5.88 Å². The summed E-state index contributed by atoms with van der Waals surface area (Å²) >= 11 is 0. The topological polar surface area (TPSA) is 122 Å². The van der Waals surface area contributed by atoms with E-state index in [1.807, 2.05) is 28.9 Å². The molecule has 160 valence electrons. The number of aromatic nitrogens is 6. The van der Waals surface area contributed by atoms with Gasteiger partial charge in [-0.15, -0.1) is 10.2 Å². The van der Waals surface area contributed by atoms with Gasteiger partial charge in [-0.1, -0.05) is 0 Å². The molecule has 4 heterocycles. The molecular weight excluding hydrogens is 396 g/mol. The second kappa shape index (κ2) is 7.86. The van der Waals surface area contributed by atoms with E-state index in [9.17, 15) is 4.79 Å². The van der Waals surface area contributed by atoms with E-state index < -0.39 is 0 Å². The van der Waals surface area contributed by atoms with Crippen LogP contribution in [0.2, 0.25) is 0 Å². The van der Waals surface area contributed by atoms with Gasteiger partial charge in [0.15, 0.2) is 5.65 Å². The standard InChI is InChI=1S/C21H24N8O2/c1-12(30)24-14-4-6-15(7-5-14)25-21-26-19-18(20(27-21)31-2)16(9-22-19)13-3-8-17-28-23-11-29(17)10-13/h3,8-11,14-15H,4-7H2,1-2H3,(H,24,30)(H2,22,25,26,27)/t14-,15-. The average Bonchev–Trinajstić information content (AvgIpc) is 3.40. The molecular formula is C21H24N8O2. The van der Waals surface area contributed by atoms with Gasteiger partial charge in [0.05, 0.1) is 12.5 Å². The fourth-order valence-corrected chi connectivity index (χ4v) is 4.28. The molecule has 10 heteroatoms. The molecule has 0 atom stereocenters. The lowest BCUT2D eigenvalue weighted by Gasteiger charge is -2.29. The molecule has 0 aromatic carbocycles. The van der Waals surface area contributed by atoms with Gasteiger partial charge in [-0.2, -0.15) is 9.97 Å². The van der Waals surface area contributed by atoms with E-state index >= 15 is 0 Å². The Morgan fingerprint density at radius 3 is 2.77 bits per heavy atom. The Kier molecular flexibility index (Phi) is 4.89. The lowest BCUT2D eigenvalue weighted by atomic mass is 9.91. The first kappa shape index (κ1) is 19.3. The highest BCUT2D eigenvalue weighted by Gasteiger charge is 2.23. The van der Waals surface area contributed by atoms with Gasteiger partial charge in [0.2, 0.25) is 17.7 Å². The van der Waals surface area contributed by atoms with E-state index in [-0.39, 0.29) is 18.0 Å². The molecule has 31 heavy (non-hydrogen) atoms. The molecule has 1 amide bonds. The summed E-state index contributed by atoms with van der Waals surface area (Å²) in [7, 11) is 1.62. The zero-order valence-corrected chi connectivity index (χ0v) is 17.4. The van der Waals surface area contributed by atoms with Crippen molar-refractivity contribution < 1.29 is 9.53 Å². The van der Waals surface area contributed by atoms with Gasteiger partial charge in [-0.05, 0) is 37.8 Å². The van der Waals surface area contributed by atoms with Crippen LogP contribution in [0.3, 0.4) is 0 Å². The molecule has 10 nitrogen and oxygen atoms in total. The number of H-pyrrole nitrogens is 1. The second-order valence-electron chi connectivity index (χ2n) is 7.89. The van der Waals surface area contributed by atoms with Crippen molar-refractivity contribution in [3.63, 3.8) is 0 Å². The number of carbonyl (C=O) groups excluding carboxylic acids is 1. The summed E-state index contributed by atoms with van der Waals surface area (Å²) < 4.78 is 7.49. The molecule has 1 aliphatic rings. The van der Waals surface area contributed by atoms with Crippen molar-refractivity contribution in [3.8, 4) is 17.0 Å². The average molecular weight is 420 g/mol. The first-order valence-electron chi connectivity index (χ1n) is 10.4. The summed E-state index contributed by atoms with van der Waals surface area (Å²) in [6.07, 6.45) is 9.33. The normalized spacial score (nSPS) is 18.9. The van der Waals surface area contributed by atoms with Gasteiger partial charge in [0.25, 0.3) is 0 Å². The number of pyridine rings is 1. The summed E-state index contributed by atoms with van der Waals surface area (Å²) in [6.45, 7) is 1.56. The molecule has 4 aromatic heterocycles. The molecule has 4 aromatic rings. The molecule has 1 fully saturated rings. The van der Waals surface area contributed by atoms with Gasteiger partial charge >= 0.3 is 0 Å². The number of nitrogens with zero attached hydrogens (tertiary/aromatic N) is 5. The summed E-state index contributed by atoms with van der Waals surface area (Å²) in [5.74, 6) is 1.08. The van der Waals surface area contributed by atoms with E-state index in [0.29, 0.717) is 17.5 Å². The smallest absolute Gasteiger partial charge is 0.228 e. The minimum absolute atomic E-state index is 0.0286. The fraction of sp³-hybridized carbons (Fsp3) is 0.381. The maximum Gasteiger partial charge on any atom is 0.228 e. The number of hydrogen-bond acceptors (Lipinski definition) is 7. The van der Waals surface area contributed by atoms with Crippen molar-refractivity contribution in [2.75, 3.05) is 12.4 Å². The van der Waals surface area contributed by atoms with Crippen LogP contribution in [-0.2, 0) is 4.79 Å². The SMILES string of the molecule is COc1nc(N[C@H]2CC[C@H](NC(C)=O)CC2)nc2[nH]cc(-c3ccc4nncn4c3)c12. The Bertz CT molecular complexity index is 1240. The number of hydrogen-bond donors (Lipinski definition) is 3. The molecule has 0 radical (unpaired) electrons. The summed E-state index contributed by atoms with van der Waals surface area (Å²) in [6, 6.07) is 4.42. The number of amides is 1. The molecule has 0 bridgehead atoms. The predicted molar refractivity (Wildman–Crippen MR) is 116 cm³/mol. The van der Waals surface area contributed by atoms with E-state index in [4.69, 9.17) is 4.74 Å². The lowest BCUT2D eigenvalue weighted by Crippen LogP contribution is -2.39. The zero-order valence-electron chi connectivity index (χ0n) is 17.4. The van der Waals surface area contributed by atoms with Crippen LogP contribution in [0.15, 0.2) is 30.9 Å². The van der Waals surface area contributed by atoms with Crippen molar-refractivity contribution >= 4 is 28.5 Å². The van der Waals surface area contributed by atoms with Crippen LogP contribution >= 0.6 is 0 Å². The van der Waals surface area contributed by atoms with Crippen molar-refractivity contribution in [2.24, 2.45) is 0 Å². The predicted octanol–water partition coefficient (Wildman–Crippen LogP) is 2.54. The Morgan fingerprint density at radius 1 is 1.19 bits per heavy atom. The Morgan fingerprint density at radius 2 is 2.00 bits per heavy atom. The third kappa shape index (κ3) is 3.76. The lowest BCUT2D eigenvalue weighted by molar-refractivity contribution is -0.119. The number of nitrogens with one attached hydrogen (secondary N) is 3. The summed E-state index contributed by atoms with van der Waals surface area (Å²) in [5.41, 5.74) is 3.42. The second-order valence-corrected chi connectivity index (χ2v) is 7.89. The van der Waals surface area contributed by atoms with E-state index in [1.54, 1.807) is 20.4 Å². The Hall–Kier alpha value is -3.69. The molecule has 5 rings (SSSR count). The summed E-state index contributed by atoms with van der Waals surface area (Å²) in [5, 5.41) is 15.3. The van der Waals surface area contributed by atoms with Gasteiger partial charge in [0.1, 0.15) is 12.0 Å². The van der Waals surface area contributed by atoms with Gasteiger partial charge in [-0.3, -0.25) is 9.20 Å². The van der Waals surface area contributed by atoms with E-state index in [1.165, 1.54) is 0 Å². The molecule has 0 aliphatic heterocycles. The van der Waals surface area contributed by atoms with Gasteiger partial charge < -0.3 is 20.4 Å². The molecule has 0 unspecified atom stereocenters. The fourth-order valence-electron chi connectivity index (χ4n) is 4.28. The van der Waals surface area contributed by atoms with E-state index in [2.05, 4.69) is 35.8 Å². The van der Waals surface area contributed by atoms with Crippen LogP contribution in [-0.4, -0.2) is 54.7 Å². The molecule has 1 aliphatic carbocycles. The van der Waals surface area contributed by atoms with Crippen molar-refractivity contribution in [2.45, 2.75) is 44.7 Å². The van der Waals surface area contributed by atoms with Crippen LogP contribution in [0, 0.1) is 0 Å². The first-order valence-corrected chi connectivity index (χ1v) is 10.4. The number of ether oxygens (including phenoxy) is 1. The van der Waals surface area contributed by atoms with E-state index in [0.717, 1.165) is 47.8 Å². The quantitative estimate of drug-likeness (QED) is 0.453. The number of carbonyl (C=O) groups is 1. The minimum Gasteiger partial charge on any atom is -0.480 e. The number of rotatable bonds is 5. The Labute approximate surface area is 178 Å². The maximum absolute atomic E-state index is 11.3. The third-order valence-corrected chi connectivity index (χ3v) is 5.76. The highest BCUT2D eigenvalue weighted by molar-refractivity contribution is 5.97. The van der Waals surface area contributed by atoms with Crippen LogP contribution in [0.4, 0.5) is 5.95 Å². The highest BCUT2D eigenvalue weighted by Crippen LogP contribution is 2.34. The molecule has 0 saturated heterocycles. The van der Waals surface area contributed by atoms with Crippen LogP contribution < -0.4 is 15.4 Å². The zero-order chi connectivity index (χ0) is 21.4. The van der Waals surface area contributed by atoms with Crippen molar-refractivity contribution in [3.05, 3.63) is 30.9 Å². The van der Waals surface area contributed by atoms with Gasteiger partial charge in [-0.25, -0.2) is 0 Å². The van der Waals surface area contributed by atoms with Crippen molar-refractivity contribution in [1.82, 2.24) is 34.9 Å². The van der Waals surface area contributed by atoms with Crippen LogP contribution in [0.25, 0.3) is 27.8 Å². The number of methoxy groups -OCH3 is 1.